The van der Waals surface area contributed by atoms with Crippen LogP contribution in [-0.2, 0) is 5.41 Å². The summed E-state index contributed by atoms with van der Waals surface area (Å²) in [6.45, 7) is 13.2. The van der Waals surface area contributed by atoms with Gasteiger partial charge >= 0.3 is 0 Å². The van der Waals surface area contributed by atoms with Crippen LogP contribution in [0.1, 0.15) is 58.3 Å². The van der Waals surface area contributed by atoms with Crippen molar-refractivity contribution in [1.29, 1.82) is 0 Å². The smallest absolute Gasteiger partial charge is 0.138 e. The van der Waals surface area contributed by atoms with Crippen LogP contribution in [-0.4, -0.2) is 30.1 Å². The fraction of sp³-hybridized carbons (Fsp3) is 0.765. The molecule has 0 unspecified atom stereocenters. The zero-order chi connectivity index (χ0) is 15.6. The third-order valence-corrected chi connectivity index (χ3v) is 4.52. The zero-order valence-electron chi connectivity index (χ0n) is 14.5. The van der Waals surface area contributed by atoms with E-state index in [1.807, 2.05) is 7.05 Å². The third-order valence-electron chi connectivity index (χ3n) is 4.52. The summed E-state index contributed by atoms with van der Waals surface area (Å²) in [5.41, 5.74) is 1.14. The molecule has 2 heterocycles. The van der Waals surface area contributed by atoms with Crippen LogP contribution in [0.4, 0.5) is 11.6 Å². The highest BCUT2D eigenvalue weighted by Gasteiger charge is 2.25. The van der Waals surface area contributed by atoms with Gasteiger partial charge in [-0.3, -0.25) is 0 Å². The average molecular weight is 290 g/mol. The zero-order valence-corrected chi connectivity index (χ0v) is 14.5. The van der Waals surface area contributed by atoms with Gasteiger partial charge in [0.1, 0.15) is 17.5 Å². The normalized spacial score (nSPS) is 17.1. The van der Waals surface area contributed by atoms with Crippen molar-refractivity contribution in [2.75, 3.05) is 30.4 Å². The highest BCUT2D eigenvalue weighted by atomic mass is 15.2. The van der Waals surface area contributed by atoms with E-state index in [-0.39, 0.29) is 5.41 Å². The van der Waals surface area contributed by atoms with Crippen LogP contribution in [0.25, 0.3) is 0 Å². The molecule has 0 aliphatic carbocycles. The maximum atomic E-state index is 4.90. The molecule has 0 radical (unpaired) electrons. The second kappa shape index (κ2) is 6.20. The number of hydrogen-bond donors (Lipinski definition) is 1. The lowest BCUT2D eigenvalue weighted by Gasteiger charge is -2.34. The number of nitrogens with zero attached hydrogens (tertiary/aromatic N) is 3. The summed E-state index contributed by atoms with van der Waals surface area (Å²) in [6.07, 6.45) is 3.85. The first-order valence-electron chi connectivity index (χ1n) is 8.18. The van der Waals surface area contributed by atoms with E-state index in [1.54, 1.807) is 0 Å². The lowest BCUT2D eigenvalue weighted by molar-refractivity contribution is 0.392. The Morgan fingerprint density at radius 2 is 1.81 bits per heavy atom. The topological polar surface area (TPSA) is 41.1 Å². The lowest BCUT2D eigenvalue weighted by atomic mass is 9.94. The first kappa shape index (κ1) is 16.1. The number of piperidine rings is 1. The monoisotopic (exact) mass is 290 g/mol. The van der Waals surface area contributed by atoms with Crippen LogP contribution >= 0.6 is 0 Å². The Kier molecular flexibility index (Phi) is 4.74. The maximum Gasteiger partial charge on any atom is 0.138 e. The Morgan fingerprint density at radius 1 is 1.19 bits per heavy atom. The van der Waals surface area contributed by atoms with Crippen molar-refractivity contribution >= 4 is 11.6 Å². The summed E-state index contributed by atoms with van der Waals surface area (Å²) in [5, 5.41) is 3.23. The summed E-state index contributed by atoms with van der Waals surface area (Å²) in [4.78, 5) is 12.0. The van der Waals surface area contributed by atoms with Crippen LogP contribution in [0.15, 0.2) is 0 Å². The number of rotatable bonds is 3. The van der Waals surface area contributed by atoms with Crippen LogP contribution in [0.5, 0.6) is 0 Å². The van der Waals surface area contributed by atoms with Crippen LogP contribution in [0, 0.1) is 12.8 Å². The standard InChI is InChI=1S/C17H30N4/c1-7-13-8-10-21(11-9-13)15-12(2)14(18-6)19-16(20-15)17(3,4)5/h13H,7-11H2,1-6H3,(H,18,19,20). The van der Waals surface area contributed by atoms with Crippen LogP contribution in [0.2, 0.25) is 0 Å². The van der Waals surface area contributed by atoms with Crippen molar-refractivity contribution in [3.8, 4) is 0 Å². The summed E-state index contributed by atoms with van der Waals surface area (Å²) in [7, 11) is 1.94. The summed E-state index contributed by atoms with van der Waals surface area (Å²) >= 11 is 0. The molecule has 0 amide bonds. The minimum Gasteiger partial charge on any atom is -0.373 e. The van der Waals surface area contributed by atoms with E-state index in [1.165, 1.54) is 24.8 Å². The Balaban J connectivity index is 2.34. The van der Waals surface area contributed by atoms with Gasteiger partial charge in [-0.05, 0) is 25.7 Å². The molecular weight excluding hydrogens is 260 g/mol. The first-order valence-corrected chi connectivity index (χ1v) is 8.18. The van der Waals surface area contributed by atoms with Gasteiger partial charge in [0.15, 0.2) is 0 Å². The molecule has 0 saturated carbocycles. The summed E-state index contributed by atoms with van der Waals surface area (Å²) < 4.78 is 0. The van der Waals surface area contributed by atoms with Gasteiger partial charge in [-0.25, -0.2) is 9.97 Å². The molecule has 0 aromatic carbocycles. The second-order valence-corrected chi connectivity index (χ2v) is 7.18. The Labute approximate surface area is 129 Å². The summed E-state index contributed by atoms with van der Waals surface area (Å²) in [5.74, 6) is 3.88. The van der Waals surface area contributed by atoms with Crippen molar-refractivity contribution in [3.05, 3.63) is 11.4 Å². The SMILES string of the molecule is CCC1CCN(c2nc(C(C)(C)C)nc(NC)c2C)CC1. The van der Waals surface area contributed by atoms with Crippen molar-refractivity contribution in [1.82, 2.24) is 9.97 Å². The summed E-state index contributed by atoms with van der Waals surface area (Å²) in [6, 6.07) is 0. The van der Waals surface area contributed by atoms with Gasteiger partial charge in [0, 0.05) is 31.1 Å². The fourth-order valence-electron chi connectivity index (χ4n) is 2.94. The van der Waals surface area contributed by atoms with Gasteiger partial charge in [-0.1, -0.05) is 34.1 Å². The van der Waals surface area contributed by atoms with E-state index in [9.17, 15) is 0 Å². The number of nitrogens with one attached hydrogen (secondary N) is 1. The van der Waals surface area contributed by atoms with Gasteiger partial charge < -0.3 is 10.2 Å². The number of anilines is 2. The minimum absolute atomic E-state index is 0.0320. The molecule has 1 aromatic rings. The largest absolute Gasteiger partial charge is 0.373 e. The molecular formula is C17H30N4. The maximum absolute atomic E-state index is 4.90. The fourth-order valence-corrected chi connectivity index (χ4v) is 2.94. The molecule has 1 saturated heterocycles. The first-order chi connectivity index (χ1) is 9.86. The molecule has 21 heavy (non-hydrogen) atoms. The molecule has 0 atom stereocenters. The quantitative estimate of drug-likeness (QED) is 0.920. The molecule has 4 heteroatoms. The van der Waals surface area contributed by atoms with Crippen molar-refractivity contribution in [2.45, 2.75) is 59.3 Å². The Morgan fingerprint density at radius 3 is 2.29 bits per heavy atom. The molecule has 1 fully saturated rings. The van der Waals surface area contributed by atoms with Crippen molar-refractivity contribution in [3.63, 3.8) is 0 Å². The number of aromatic nitrogens is 2. The molecule has 0 bridgehead atoms. The third kappa shape index (κ3) is 3.47. The molecule has 2 rings (SSSR count). The molecule has 1 aliphatic rings. The molecule has 4 nitrogen and oxygen atoms in total. The molecule has 1 N–H and O–H groups in total. The number of hydrogen-bond acceptors (Lipinski definition) is 4. The van der Waals surface area contributed by atoms with Gasteiger partial charge in [-0.15, -0.1) is 0 Å². The second-order valence-electron chi connectivity index (χ2n) is 7.18. The van der Waals surface area contributed by atoms with Gasteiger partial charge in [0.2, 0.25) is 0 Å². The van der Waals surface area contributed by atoms with Crippen LogP contribution in [0.3, 0.4) is 0 Å². The predicted octanol–water partition coefficient (Wildman–Crippen LogP) is 3.75. The molecule has 0 spiro atoms. The predicted molar refractivity (Wildman–Crippen MR) is 90.2 cm³/mol. The van der Waals surface area contributed by atoms with E-state index in [0.29, 0.717) is 0 Å². The molecule has 118 valence electrons. The highest BCUT2D eigenvalue weighted by Crippen LogP contribution is 2.31. The Hall–Kier alpha value is -1.32. The average Bonchev–Trinajstić information content (AvgIpc) is 2.46. The van der Waals surface area contributed by atoms with Crippen molar-refractivity contribution in [2.24, 2.45) is 5.92 Å². The van der Waals surface area contributed by atoms with E-state index < -0.39 is 0 Å². The van der Waals surface area contributed by atoms with E-state index in [4.69, 9.17) is 9.97 Å². The van der Waals surface area contributed by atoms with Gasteiger partial charge in [0.25, 0.3) is 0 Å². The van der Waals surface area contributed by atoms with Crippen molar-refractivity contribution < 1.29 is 0 Å². The van der Waals surface area contributed by atoms with E-state index in [0.717, 1.165) is 36.5 Å². The minimum atomic E-state index is -0.0320. The Bertz CT molecular complexity index is 482. The van der Waals surface area contributed by atoms with Gasteiger partial charge in [0.05, 0.1) is 0 Å². The lowest BCUT2D eigenvalue weighted by Crippen LogP contribution is -2.35. The highest BCUT2D eigenvalue weighted by molar-refractivity contribution is 5.59. The van der Waals surface area contributed by atoms with E-state index in [2.05, 4.69) is 44.8 Å². The molecule has 1 aromatic heterocycles. The molecule has 1 aliphatic heterocycles. The van der Waals surface area contributed by atoms with Gasteiger partial charge in [-0.2, -0.15) is 0 Å². The van der Waals surface area contributed by atoms with Crippen LogP contribution < -0.4 is 10.2 Å². The van der Waals surface area contributed by atoms with E-state index >= 15 is 0 Å².